The summed E-state index contributed by atoms with van der Waals surface area (Å²) in [6, 6.07) is 9.10. The summed E-state index contributed by atoms with van der Waals surface area (Å²) >= 11 is 0. The summed E-state index contributed by atoms with van der Waals surface area (Å²) in [7, 11) is 1.41. The lowest BCUT2D eigenvalue weighted by Gasteiger charge is -2.03. The number of nitro benzene ring substituents is 1. The van der Waals surface area contributed by atoms with Crippen molar-refractivity contribution in [1.82, 2.24) is 0 Å². The average molecular weight is 342 g/mol. The van der Waals surface area contributed by atoms with Crippen LogP contribution < -0.4 is 4.74 Å². The molecule has 0 bridgehead atoms. The number of furan rings is 1. The monoisotopic (exact) mass is 342 g/mol. The van der Waals surface area contributed by atoms with E-state index < -0.39 is 10.9 Å². The van der Waals surface area contributed by atoms with E-state index >= 15 is 0 Å². The third kappa shape index (κ3) is 4.03. The molecule has 8 nitrogen and oxygen atoms in total. The third-order valence-corrected chi connectivity index (χ3v) is 3.20. The zero-order valence-electron chi connectivity index (χ0n) is 13.5. The van der Waals surface area contributed by atoms with Crippen LogP contribution in [0.5, 0.6) is 5.75 Å². The highest BCUT2D eigenvalue weighted by Crippen LogP contribution is 2.34. The molecule has 0 saturated carbocycles. The van der Waals surface area contributed by atoms with E-state index in [1.807, 2.05) is 0 Å². The first-order valence-electron chi connectivity index (χ1n) is 7.21. The third-order valence-electron chi connectivity index (χ3n) is 3.20. The summed E-state index contributed by atoms with van der Waals surface area (Å²) in [6.45, 7) is 1.76. The van der Waals surface area contributed by atoms with E-state index in [-0.39, 0.29) is 35.0 Å². The highest BCUT2D eigenvalue weighted by atomic mass is 16.6. The number of nitro groups is 1. The maximum atomic E-state index is 11.6. The molecule has 0 saturated heterocycles. The van der Waals surface area contributed by atoms with E-state index in [4.69, 9.17) is 19.2 Å². The first-order chi connectivity index (χ1) is 12.0. The molecular formula is C17H14N2O6. The summed E-state index contributed by atoms with van der Waals surface area (Å²) in [5.41, 5.74) is -0.165. The molecule has 0 aliphatic carbocycles. The molecule has 8 heteroatoms. The summed E-state index contributed by atoms with van der Waals surface area (Å²) in [4.78, 5) is 22.3. The highest BCUT2D eigenvalue weighted by Gasteiger charge is 2.19. The maximum absolute atomic E-state index is 11.6. The predicted molar refractivity (Wildman–Crippen MR) is 87.6 cm³/mol. The molecule has 2 aromatic rings. The van der Waals surface area contributed by atoms with Crippen LogP contribution in [-0.2, 0) is 9.53 Å². The van der Waals surface area contributed by atoms with E-state index in [0.717, 1.165) is 0 Å². The molecule has 0 spiro atoms. The zero-order chi connectivity index (χ0) is 18.4. The Balaban J connectivity index is 2.41. The topological polar surface area (TPSA) is 116 Å². The number of carbonyl (C=O) groups is 1. The molecule has 0 aliphatic heterocycles. The number of nitriles is 1. The maximum Gasteiger partial charge on any atom is 0.349 e. The van der Waals surface area contributed by atoms with Gasteiger partial charge in [-0.2, -0.15) is 5.26 Å². The number of hydrogen-bond acceptors (Lipinski definition) is 7. The molecule has 1 heterocycles. The Morgan fingerprint density at radius 1 is 1.40 bits per heavy atom. The smallest absolute Gasteiger partial charge is 0.349 e. The molecule has 0 aliphatic rings. The molecule has 25 heavy (non-hydrogen) atoms. The van der Waals surface area contributed by atoms with Gasteiger partial charge in [0.1, 0.15) is 28.9 Å². The molecule has 2 rings (SSSR count). The van der Waals surface area contributed by atoms with Crippen LogP contribution in [0.25, 0.3) is 17.4 Å². The Hall–Kier alpha value is -3.60. The standard InChI is InChI=1S/C17H14N2O6/c1-3-24-17(20)11(10-18)8-13-5-7-16(25-13)14-6-4-12(23-2)9-15(14)19(21)22/h4-9H,3H2,1-2H3. The van der Waals surface area contributed by atoms with Crippen molar-refractivity contribution in [3.63, 3.8) is 0 Å². The van der Waals surface area contributed by atoms with E-state index in [1.54, 1.807) is 19.1 Å². The van der Waals surface area contributed by atoms with Crippen molar-refractivity contribution < 1.29 is 23.6 Å². The van der Waals surface area contributed by atoms with Crippen molar-refractivity contribution in [2.24, 2.45) is 0 Å². The van der Waals surface area contributed by atoms with Crippen molar-refractivity contribution in [3.05, 3.63) is 51.8 Å². The summed E-state index contributed by atoms with van der Waals surface area (Å²) in [6.07, 6.45) is 1.22. The lowest BCUT2D eigenvalue weighted by molar-refractivity contribution is -0.384. The highest BCUT2D eigenvalue weighted by molar-refractivity contribution is 5.97. The number of ether oxygens (including phenoxy) is 2. The number of carbonyl (C=O) groups excluding carboxylic acids is 1. The van der Waals surface area contributed by atoms with Gasteiger partial charge in [-0.3, -0.25) is 10.1 Å². The zero-order valence-corrected chi connectivity index (χ0v) is 13.5. The van der Waals surface area contributed by atoms with Gasteiger partial charge in [-0.1, -0.05) is 0 Å². The van der Waals surface area contributed by atoms with Crippen LogP contribution in [0.2, 0.25) is 0 Å². The first kappa shape index (κ1) is 17.7. The van der Waals surface area contributed by atoms with Crippen LogP contribution in [0, 0.1) is 21.4 Å². The second-order valence-electron chi connectivity index (χ2n) is 4.73. The molecule has 0 unspecified atom stereocenters. The van der Waals surface area contributed by atoms with Crippen molar-refractivity contribution in [3.8, 4) is 23.1 Å². The minimum atomic E-state index is -0.765. The average Bonchev–Trinajstić information content (AvgIpc) is 3.07. The van der Waals surface area contributed by atoms with Crippen molar-refractivity contribution in [2.75, 3.05) is 13.7 Å². The van der Waals surface area contributed by atoms with Gasteiger partial charge in [0.15, 0.2) is 0 Å². The quantitative estimate of drug-likeness (QED) is 0.260. The van der Waals surface area contributed by atoms with Crippen LogP contribution in [0.15, 0.2) is 40.3 Å². The Morgan fingerprint density at radius 3 is 2.76 bits per heavy atom. The van der Waals surface area contributed by atoms with Crippen molar-refractivity contribution in [1.29, 1.82) is 5.26 Å². The fraction of sp³-hybridized carbons (Fsp3) is 0.176. The molecular weight excluding hydrogens is 328 g/mol. The van der Waals surface area contributed by atoms with E-state index in [1.165, 1.54) is 37.5 Å². The number of hydrogen-bond donors (Lipinski definition) is 0. The minimum absolute atomic E-state index is 0.138. The van der Waals surface area contributed by atoms with E-state index in [9.17, 15) is 14.9 Å². The summed E-state index contributed by atoms with van der Waals surface area (Å²) in [5, 5.41) is 20.3. The predicted octanol–water partition coefficient (Wildman–Crippen LogP) is 3.33. The van der Waals surface area contributed by atoms with Gasteiger partial charge in [-0.25, -0.2) is 4.79 Å². The SMILES string of the molecule is CCOC(=O)C(C#N)=Cc1ccc(-c2ccc(OC)cc2[N+](=O)[O-])o1. The Morgan fingerprint density at radius 2 is 2.16 bits per heavy atom. The normalized spacial score (nSPS) is 10.8. The van der Waals surface area contributed by atoms with Crippen LogP contribution in [0.4, 0.5) is 5.69 Å². The van der Waals surface area contributed by atoms with Gasteiger partial charge in [-0.15, -0.1) is 0 Å². The fourth-order valence-electron chi connectivity index (χ4n) is 2.06. The number of nitrogens with zero attached hydrogens (tertiary/aromatic N) is 2. The molecule has 0 fully saturated rings. The lowest BCUT2D eigenvalue weighted by atomic mass is 10.1. The van der Waals surface area contributed by atoms with Crippen molar-refractivity contribution >= 4 is 17.7 Å². The number of methoxy groups -OCH3 is 1. The molecule has 128 valence electrons. The second kappa shape index (κ2) is 7.79. The first-order valence-corrected chi connectivity index (χ1v) is 7.21. The van der Waals surface area contributed by atoms with Crippen LogP contribution >= 0.6 is 0 Å². The Labute approximate surface area is 143 Å². The summed E-state index contributed by atoms with van der Waals surface area (Å²) in [5.74, 6) is 0.000974. The Kier molecular flexibility index (Phi) is 5.53. The molecule has 0 radical (unpaired) electrons. The van der Waals surface area contributed by atoms with E-state index in [2.05, 4.69) is 0 Å². The lowest BCUT2D eigenvalue weighted by Crippen LogP contribution is -2.05. The Bertz CT molecular complexity index is 876. The molecule has 1 aromatic heterocycles. The molecule has 0 amide bonds. The van der Waals surface area contributed by atoms with Gasteiger partial charge in [0.2, 0.25) is 0 Å². The number of benzene rings is 1. The number of rotatable bonds is 6. The van der Waals surface area contributed by atoms with Crippen LogP contribution in [-0.4, -0.2) is 24.6 Å². The second-order valence-corrected chi connectivity index (χ2v) is 4.73. The van der Waals surface area contributed by atoms with E-state index in [0.29, 0.717) is 5.75 Å². The van der Waals surface area contributed by atoms with Gasteiger partial charge in [-0.05, 0) is 31.2 Å². The van der Waals surface area contributed by atoms with Gasteiger partial charge in [0.25, 0.3) is 5.69 Å². The van der Waals surface area contributed by atoms with Gasteiger partial charge >= 0.3 is 5.97 Å². The van der Waals surface area contributed by atoms with Crippen LogP contribution in [0.1, 0.15) is 12.7 Å². The minimum Gasteiger partial charge on any atom is -0.497 e. The number of esters is 1. The van der Waals surface area contributed by atoms with Crippen LogP contribution in [0.3, 0.4) is 0 Å². The van der Waals surface area contributed by atoms with Gasteiger partial charge < -0.3 is 13.9 Å². The molecule has 0 atom stereocenters. The van der Waals surface area contributed by atoms with Crippen molar-refractivity contribution in [2.45, 2.75) is 6.92 Å². The molecule has 1 aromatic carbocycles. The fourth-order valence-corrected chi connectivity index (χ4v) is 2.06. The largest absolute Gasteiger partial charge is 0.497 e. The molecule has 0 N–H and O–H groups in total. The summed E-state index contributed by atoms with van der Waals surface area (Å²) < 4.78 is 15.3. The van der Waals surface area contributed by atoms with Gasteiger partial charge in [0, 0.05) is 6.08 Å². The van der Waals surface area contributed by atoms with Gasteiger partial charge in [0.05, 0.1) is 30.3 Å².